The lowest BCUT2D eigenvalue weighted by Gasteiger charge is -2.28. The van der Waals surface area contributed by atoms with E-state index in [4.69, 9.17) is 8.83 Å². The number of furan rings is 2. The lowest BCUT2D eigenvalue weighted by Crippen LogP contribution is -2.11. The minimum absolute atomic E-state index is 0.856. The summed E-state index contributed by atoms with van der Waals surface area (Å²) in [5.41, 5.74) is 13.4. The zero-order valence-corrected chi connectivity index (χ0v) is 32.0. The second kappa shape index (κ2) is 13.4. The van der Waals surface area contributed by atoms with Gasteiger partial charge in [0.2, 0.25) is 0 Å². The first-order chi connectivity index (χ1) is 29.3. The topological polar surface area (TPSA) is 29.5 Å². The Morgan fingerprint density at radius 3 is 1.64 bits per heavy atom. The normalized spacial score (nSPS) is 11.7. The summed E-state index contributed by atoms with van der Waals surface area (Å²) in [5.74, 6) is 0. The molecule has 0 aliphatic carbocycles. The summed E-state index contributed by atoms with van der Waals surface area (Å²) >= 11 is 0. The smallest absolute Gasteiger partial charge is 0.145 e. The maximum atomic E-state index is 6.88. The van der Waals surface area contributed by atoms with Gasteiger partial charge in [0, 0.05) is 38.4 Å². The Balaban J connectivity index is 1.09. The predicted molar refractivity (Wildman–Crippen MR) is 247 cm³/mol. The second-order valence-electron chi connectivity index (χ2n) is 15.2. The van der Waals surface area contributed by atoms with E-state index in [1.54, 1.807) is 0 Å². The van der Waals surface area contributed by atoms with Crippen LogP contribution >= 0.6 is 0 Å². The van der Waals surface area contributed by atoms with Crippen LogP contribution in [-0.2, 0) is 0 Å². The van der Waals surface area contributed by atoms with Crippen molar-refractivity contribution in [2.75, 3.05) is 4.90 Å². The Kier molecular flexibility index (Phi) is 7.54. The SMILES string of the molecule is c1ccc(-c2ccc(-c3ccc(N(c4ccc(-c5cccc6c5oc5ccccc56)cc4)c4cccc5ccc6ccccc6c45)c4c3oc3ccccc34)cc2)cc1. The number of benzene rings is 10. The van der Waals surface area contributed by atoms with Crippen molar-refractivity contribution in [3.05, 3.63) is 212 Å². The third-order valence-corrected chi connectivity index (χ3v) is 11.9. The van der Waals surface area contributed by atoms with Crippen molar-refractivity contribution >= 4 is 82.5 Å². The van der Waals surface area contributed by atoms with Crippen LogP contribution in [0.25, 0.3) is 98.8 Å². The molecule has 0 spiro atoms. The fourth-order valence-electron chi connectivity index (χ4n) is 9.10. The Morgan fingerprint density at radius 2 is 0.831 bits per heavy atom. The largest absolute Gasteiger partial charge is 0.455 e. The molecule has 12 aromatic rings. The maximum Gasteiger partial charge on any atom is 0.145 e. The fourth-order valence-corrected chi connectivity index (χ4v) is 9.10. The molecule has 2 aromatic heterocycles. The van der Waals surface area contributed by atoms with Crippen molar-refractivity contribution < 1.29 is 8.83 Å². The summed E-state index contributed by atoms with van der Waals surface area (Å²) < 4.78 is 13.4. The third-order valence-electron chi connectivity index (χ3n) is 11.9. The lowest BCUT2D eigenvalue weighted by molar-refractivity contribution is 0.669. The number of hydrogen-bond donors (Lipinski definition) is 0. The zero-order chi connectivity index (χ0) is 38.9. The van der Waals surface area contributed by atoms with Gasteiger partial charge in [-0.25, -0.2) is 0 Å². The first-order valence-electron chi connectivity index (χ1n) is 20.1. The molecule has 59 heavy (non-hydrogen) atoms. The van der Waals surface area contributed by atoms with Gasteiger partial charge in [0.25, 0.3) is 0 Å². The molecule has 12 rings (SSSR count). The molecule has 0 amide bonds. The van der Waals surface area contributed by atoms with Gasteiger partial charge in [0.15, 0.2) is 0 Å². The van der Waals surface area contributed by atoms with Crippen LogP contribution < -0.4 is 4.90 Å². The Morgan fingerprint density at radius 1 is 0.288 bits per heavy atom. The molecule has 0 unspecified atom stereocenters. The molecule has 0 saturated carbocycles. The first kappa shape index (κ1) is 33.3. The molecule has 0 radical (unpaired) electrons. The minimum atomic E-state index is 0.856. The van der Waals surface area contributed by atoms with Crippen LogP contribution in [0.4, 0.5) is 17.1 Å². The van der Waals surface area contributed by atoms with Gasteiger partial charge in [-0.15, -0.1) is 0 Å². The number of fused-ring (bicyclic) bond motifs is 9. The molecule has 0 aliphatic rings. The van der Waals surface area contributed by atoms with E-state index >= 15 is 0 Å². The summed E-state index contributed by atoms with van der Waals surface area (Å²) in [5, 5.41) is 9.18. The highest BCUT2D eigenvalue weighted by Gasteiger charge is 2.24. The van der Waals surface area contributed by atoms with E-state index in [9.17, 15) is 0 Å². The van der Waals surface area contributed by atoms with E-state index in [0.717, 1.165) is 83.2 Å². The molecule has 0 bridgehead atoms. The van der Waals surface area contributed by atoms with E-state index < -0.39 is 0 Å². The van der Waals surface area contributed by atoms with E-state index in [1.165, 1.54) is 32.7 Å². The number of rotatable bonds is 6. The lowest BCUT2D eigenvalue weighted by atomic mass is 9.96. The molecule has 276 valence electrons. The van der Waals surface area contributed by atoms with E-state index in [2.05, 4.69) is 205 Å². The number of hydrogen-bond acceptors (Lipinski definition) is 3. The average molecular weight is 754 g/mol. The number of nitrogens with zero attached hydrogens (tertiary/aromatic N) is 1. The number of para-hydroxylation sites is 3. The molecule has 3 nitrogen and oxygen atoms in total. The molecule has 0 N–H and O–H groups in total. The van der Waals surface area contributed by atoms with Crippen LogP contribution in [0.3, 0.4) is 0 Å². The van der Waals surface area contributed by atoms with Gasteiger partial charge in [-0.05, 0) is 80.9 Å². The molecule has 2 heterocycles. The van der Waals surface area contributed by atoms with Gasteiger partial charge in [0.1, 0.15) is 22.3 Å². The molecule has 3 heteroatoms. The van der Waals surface area contributed by atoms with Gasteiger partial charge in [-0.1, -0.05) is 170 Å². The van der Waals surface area contributed by atoms with E-state index in [0.29, 0.717) is 0 Å². The van der Waals surface area contributed by atoms with Crippen molar-refractivity contribution in [2.45, 2.75) is 0 Å². The molecule has 0 aliphatic heterocycles. The molecule has 10 aromatic carbocycles. The van der Waals surface area contributed by atoms with Gasteiger partial charge in [-0.3, -0.25) is 0 Å². The highest BCUT2D eigenvalue weighted by molar-refractivity contribution is 6.20. The quantitative estimate of drug-likeness (QED) is 0.158. The van der Waals surface area contributed by atoms with Crippen molar-refractivity contribution in [2.24, 2.45) is 0 Å². The summed E-state index contributed by atoms with van der Waals surface area (Å²) in [6.45, 7) is 0. The Hall–Kier alpha value is -7.88. The average Bonchev–Trinajstić information content (AvgIpc) is 3.89. The van der Waals surface area contributed by atoms with E-state index in [1.807, 2.05) is 12.1 Å². The van der Waals surface area contributed by atoms with Crippen molar-refractivity contribution in [3.63, 3.8) is 0 Å². The standard InChI is InChI=1S/C56H35NO2/c1-2-12-36(13-3-1)37-24-26-39(27-25-37)45-34-35-50(54-48-18-7-9-23-52(48)59-56(45)54)57(49-21-10-15-41-29-28-38-14-4-5-16-43(38)53(41)49)42-32-30-40(31-33-42)44-19-11-20-47-46-17-6-8-22-51(46)58-55(44)47/h1-35H. The monoisotopic (exact) mass is 753 g/mol. The van der Waals surface area contributed by atoms with Crippen LogP contribution in [0, 0.1) is 0 Å². The molecular weight excluding hydrogens is 719 g/mol. The summed E-state index contributed by atoms with van der Waals surface area (Å²) in [4.78, 5) is 2.42. The van der Waals surface area contributed by atoms with Gasteiger partial charge in [-0.2, -0.15) is 0 Å². The van der Waals surface area contributed by atoms with Crippen LogP contribution in [0.5, 0.6) is 0 Å². The van der Waals surface area contributed by atoms with E-state index in [-0.39, 0.29) is 0 Å². The molecule has 0 fully saturated rings. The molecule has 0 atom stereocenters. The highest BCUT2D eigenvalue weighted by atomic mass is 16.3. The van der Waals surface area contributed by atoms with Gasteiger partial charge in [0.05, 0.1) is 16.8 Å². The predicted octanol–water partition coefficient (Wildman–Crippen LogP) is 16.3. The van der Waals surface area contributed by atoms with Crippen molar-refractivity contribution in [1.29, 1.82) is 0 Å². The van der Waals surface area contributed by atoms with Crippen LogP contribution in [0.2, 0.25) is 0 Å². The third kappa shape index (κ3) is 5.36. The summed E-state index contributed by atoms with van der Waals surface area (Å²) in [6.07, 6.45) is 0. The van der Waals surface area contributed by atoms with Crippen molar-refractivity contribution in [3.8, 4) is 33.4 Å². The summed E-state index contributed by atoms with van der Waals surface area (Å²) in [6, 6.07) is 75.6. The summed E-state index contributed by atoms with van der Waals surface area (Å²) in [7, 11) is 0. The maximum absolute atomic E-state index is 6.88. The highest BCUT2D eigenvalue weighted by Crippen LogP contribution is 2.49. The molecular formula is C56H35NO2. The van der Waals surface area contributed by atoms with Gasteiger partial charge >= 0.3 is 0 Å². The Labute approximate surface area is 340 Å². The fraction of sp³-hybridized carbons (Fsp3) is 0. The van der Waals surface area contributed by atoms with Crippen LogP contribution in [0.1, 0.15) is 0 Å². The van der Waals surface area contributed by atoms with Crippen LogP contribution in [0.15, 0.2) is 221 Å². The second-order valence-corrected chi connectivity index (χ2v) is 15.2. The zero-order valence-electron chi connectivity index (χ0n) is 32.0. The molecule has 0 saturated heterocycles. The Bertz CT molecular complexity index is 3540. The van der Waals surface area contributed by atoms with Crippen molar-refractivity contribution in [1.82, 2.24) is 0 Å². The van der Waals surface area contributed by atoms with Gasteiger partial charge < -0.3 is 13.7 Å². The first-order valence-corrected chi connectivity index (χ1v) is 20.1. The minimum Gasteiger partial charge on any atom is -0.455 e. The number of anilines is 3. The van der Waals surface area contributed by atoms with Crippen LogP contribution in [-0.4, -0.2) is 0 Å².